The number of nitro groups is 1. The molecule has 0 saturated heterocycles. The summed E-state index contributed by atoms with van der Waals surface area (Å²) in [4.78, 5) is 24.4. The van der Waals surface area contributed by atoms with Crippen molar-refractivity contribution >= 4 is 23.3 Å². The molecule has 0 aromatic carbocycles. The lowest BCUT2D eigenvalue weighted by Crippen LogP contribution is -1.99. The Morgan fingerprint density at radius 3 is 3.00 bits per heavy atom. The summed E-state index contributed by atoms with van der Waals surface area (Å²) in [5.41, 5.74) is -0.142. The first-order chi connectivity index (χ1) is 8.04. The fourth-order valence-electron chi connectivity index (χ4n) is 0.910. The van der Waals surface area contributed by atoms with E-state index in [1.54, 1.807) is 6.92 Å². The summed E-state index contributed by atoms with van der Waals surface area (Å²) in [6.45, 7) is 1.84. The molecule has 88 valence electrons. The van der Waals surface area contributed by atoms with E-state index < -0.39 is 10.9 Å². The Kier molecular flexibility index (Phi) is 4.43. The first-order valence-corrected chi connectivity index (χ1v) is 4.91. The van der Waals surface area contributed by atoms with Gasteiger partial charge in [-0.3, -0.25) is 10.1 Å². The molecule has 0 fully saturated rings. The van der Waals surface area contributed by atoms with Crippen molar-refractivity contribution in [3.05, 3.63) is 33.1 Å². The van der Waals surface area contributed by atoms with Crippen LogP contribution in [0, 0.1) is 22.0 Å². The van der Waals surface area contributed by atoms with Crippen molar-refractivity contribution in [1.29, 1.82) is 0 Å². The monoisotopic (exact) mass is 254 g/mol. The predicted molar refractivity (Wildman–Crippen MR) is 59.4 cm³/mol. The maximum atomic E-state index is 11.0. The number of halogens is 1. The Labute approximate surface area is 102 Å². The van der Waals surface area contributed by atoms with Crippen LogP contribution in [0.1, 0.15) is 12.5 Å². The van der Waals surface area contributed by atoms with Gasteiger partial charge in [-0.15, -0.1) is 0 Å². The van der Waals surface area contributed by atoms with Crippen LogP contribution in [0.3, 0.4) is 0 Å². The van der Waals surface area contributed by atoms with Crippen molar-refractivity contribution in [2.45, 2.75) is 6.92 Å². The van der Waals surface area contributed by atoms with E-state index in [1.165, 1.54) is 0 Å². The van der Waals surface area contributed by atoms with Gasteiger partial charge in [-0.1, -0.05) is 17.5 Å². The zero-order valence-electron chi connectivity index (χ0n) is 8.77. The summed E-state index contributed by atoms with van der Waals surface area (Å²) in [6.07, 6.45) is 1.01. The Morgan fingerprint density at radius 2 is 2.41 bits per heavy atom. The molecule has 0 unspecified atom stereocenters. The summed E-state index contributed by atoms with van der Waals surface area (Å²) in [7, 11) is 0. The van der Waals surface area contributed by atoms with E-state index in [4.69, 9.17) is 11.6 Å². The molecule has 0 spiro atoms. The van der Waals surface area contributed by atoms with Gasteiger partial charge in [0.25, 0.3) is 5.69 Å². The molecule has 0 atom stereocenters. The number of nitrogens with zero attached hydrogens (tertiary/aromatic N) is 2. The minimum absolute atomic E-state index is 0.00704. The Morgan fingerprint density at radius 1 is 1.71 bits per heavy atom. The Hall–Kier alpha value is -2.13. The van der Waals surface area contributed by atoms with Gasteiger partial charge < -0.3 is 4.74 Å². The van der Waals surface area contributed by atoms with E-state index in [0.29, 0.717) is 0 Å². The fraction of sp³-hybridized carbons (Fsp3) is 0.200. The first-order valence-electron chi connectivity index (χ1n) is 4.53. The number of aromatic nitrogens is 1. The lowest BCUT2D eigenvalue weighted by Gasteiger charge is -1.95. The number of ether oxygens (including phenoxy) is 1. The molecule has 0 saturated carbocycles. The highest BCUT2D eigenvalue weighted by molar-refractivity contribution is 6.30. The minimum atomic E-state index is -0.727. The lowest BCUT2D eigenvalue weighted by atomic mass is 10.2. The number of rotatable bonds is 2. The van der Waals surface area contributed by atoms with Crippen molar-refractivity contribution in [1.82, 2.24) is 4.98 Å². The first kappa shape index (κ1) is 12.9. The highest BCUT2D eigenvalue weighted by Crippen LogP contribution is 2.17. The molecule has 17 heavy (non-hydrogen) atoms. The van der Waals surface area contributed by atoms with Crippen molar-refractivity contribution in [2.24, 2.45) is 0 Å². The van der Waals surface area contributed by atoms with Crippen LogP contribution in [0.25, 0.3) is 0 Å². The minimum Gasteiger partial charge on any atom is -0.456 e. The molecule has 0 aliphatic carbocycles. The number of esters is 1. The molecule has 0 amide bonds. The zero-order chi connectivity index (χ0) is 12.8. The molecule has 1 aromatic rings. The lowest BCUT2D eigenvalue weighted by molar-refractivity contribution is -0.385. The summed E-state index contributed by atoms with van der Waals surface area (Å²) in [5.74, 6) is 3.79. The van der Waals surface area contributed by atoms with Gasteiger partial charge in [-0.05, 0) is 6.92 Å². The van der Waals surface area contributed by atoms with Gasteiger partial charge in [0.1, 0.15) is 11.3 Å². The molecule has 0 aliphatic heterocycles. The Bertz CT molecular complexity index is 519. The fourth-order valence-corrected chi connectivity index (χ4v) is 1.06. The van der Waals surface area contributed by atoms with Crippen LogP contribution in [0.15, 0.2) is 12.3 Å². The number of hydrogen-bond donors (Lipinski definition) is 0. The molecular weight excluding hydrogens is 248 g/mol. The van der Waals surface area contributed by atoms with Crippen LogP contribution in [-0.2, 0) is 9.53 Å². The van der Waals surface area contributed by atoms with Crippen LogP contribution in [-0.4, -0.2) is 22.5 Å². The Balaban J connectivity index is 3.01. The van der Waals surface area contributed by atoms with Crippen LogP contribution in [0.5, 0.6) is 0 Å². The van der Waals surface area contributed by atoms with Crippen molar-refractivity contribution in [3.8, 4) is 11.8 Å². The van der Waals surface area contributed by atoms with E-state index in [2.05, 4.69) is 21.6 Å². The van der Waals surface area contributed by atoms with Gasteiger partial charge in [0.15, 0.2) is 0 Å². The smallest absolute Gasteiger partial charge is 0.384 e. The molecule has 0 radical (unpaired) electrons. The van der Waals surface area contributed by atoms with Crippen LogP contribution in [0.4, 0.5) is 5.69 Å². The van der Waals surface area contributed by atoms with Crippen LogP contribution >= 0.6 is 11.6 Å². The maximum Gasteiger partial charge on any atom is 0.384 e. The van der Waals surface area contributed by atoms with Gasteiger partial charge in [-0.25, -0.2) is 9.78 Å². The van der Waals surface area contributed by atoms with E-state index in [0.717, 1.165) is 12.3 Å². The van der Waals surface area contributed by atoms with E-state index in [1.807, 2.05) is 0 Å². The third-order valence-corrected chi connectivity index (χ3v) is 1.91. The van der Waals surface area contributed by atoms with Crippen LogP contribution in [0.2, 0.25) is 5.15 Å². The van der Waals surface area contributed by atoms with Gasteiger partial charge >= 0.3 is 5.97 Å². The summed E-state index contributed by atoms with van der Waals surface area (Å²) < 4.78 is 4.57. The number of carbonyl (C=O) groups is 1. The van der Waals surface area contributed by atoms with Gasteiger partial charge in [0.05, 0.1) is 17.1 Å². The molecular formula is C10H7ClN2O4. The second-order valence-electron chi connectivity index (χ2n) is 2.76. The number of hydrogen-bond acceptors (Lipinski definition) is 5. The SMILES string of the molecule is CCOC(=O)C#Cc1cc([N+](=O)[O-])cnc1Cl. The molecule has 0 aliphatic rings. The molecule has 1 aromatic heterocycles. The molecule has 7 heteroatoms. The van der Waals surface area contributed by atoms with E-state index >= 15 is 0 Å². The molecule has 6 nitrogen and oxygen atoms in total. The second-order valence-corrected chi connectivity index (χ2v) is 3.12. The number of carbonyl (C=O) groups excluding carboxylic acids is 1. The quantitative estimate of drug-likeness (QED) is 0.263. The topological polar surface area (TPSA) is 82.3 Å². The molecule has 0 N–H and O–H groups in total. The van der Waals surface area contributed by atoms with Crippen LogP contribution < -0.4 is 0 Å². The van der Waals surface area contributed by atoms with Gasteiger partial charge in [-0.2, -0.15) is 0 Å². The molecule has 1 rings (SSSR count). The highest BCUT2D eigenvalue weighted by Gasteiger charge is 2.09. The second kappa shape index (κ2) is 5.82. The predicted octanol–water partition coefficient (Wildman–Crippen LogP) is 1.56. The highest BCUT2D eigenvalue weighted by atomic mass is 35.5. The summed E-state index contributed by atoms with van der Waals surface area (Å²) in [6, 6.07) is 1.14. The largest absolute Gasteiger partial charge is 0.456 e. The zero-order valence-corrected chi connectivity index (χ0v) is 9.52. The van der Waals surface area contributed by atoms with E-state index in [-0.39, 0.29) is 23.0 Å². The average molecular weight is 255 g/mol. The van der Waals surface area contributed by atoms with Gasteiger partial charge in [0, 0.05) is 12.0 Å². The van der Waals surface area contributed by atoms with Crippen molar-refractivity contribution in [2.75, 3.05) is 6.61 Å². The normalized spacial score (nSPS) is 9.06. The number of pyridine rings is 1. The average Bonchev–Trinajstić information content (AvgIpc) is 2.28. The third kappa shape index (κ3) is 3.74. The van der Waals surface area contributed by atoms with Crippen molar-refractivity contribution < 1.29 is 14.5 Å². The third-order valence-electron chi connectivity index (χ3n) is 1.61. The molecule has 0 bridgehead atoms. The standard InChI is InChI=1S/C10H7ClN2O4/c1-2-17-9(14)4-3-7-5-8(13(15)16)6-12-10(7)11/h5-6H,2H2,1H3. The van der Waals surface area contributed by atoms with E-state index in [9.17, 15) is 14.9 Å². The van der Waals surface area contributed by atoms with Gasteiger partial charge in [0.2, 0.25) is 0 Å². The molecule has 1 heterocycles. The maximum absolute atomic E-state index is 11.0. The van der Waals surface area contributed by atoms with Crippen molar-refractivity contribution in [3.63, 3.8) is 0 Å². The summed E-state index contributed by atoms with van der Waals surface area (Å²) in [5, 5.41) is 10.5. The summed E-state index contributed by atoms with van der Waals surface area (Å²) >= 11 is 5.67.